The van der Waals surface area contributed by atoms with Crippen LogP contribution in [0.2, 0.25) is 0 Å². The number of nitrogens with zero attached hydrogens (tertiary/aromatic N) is 1. The molecule has 0 radical (unpaired) electrons. The van der Waals surface area contributed by atoms with Crippen LogP contribution in [0, 0.1) is 5.82 Å². The topological polar surface area (TPSA) is 32.3 Å². The minimum atomic E-state index is -0.156. The van der Waals surface area contributed by atoms with Gasteiger partial charge >= 0.3 is 0 Å². The molecule has 0 saturated carbocycles. The molecule has 1 amide bonds. The van der Waals surface area contributed by atoms with Crippen LogP contribution >= 0.6 is 0 Å². The van der Waals surface area contributed by atoms with Gasteiger partial charge in [0.2, 0.25) is 5.91 Å². The summed E-state index contributed by atoms with van der Waals surface area (Å²) in [5, 5.41) is 3.05. The number of carbonyl (C=O) groups is 1. The standard InChI is InChI=1S/C25H31FN2O/c1-2-3-25(29)27-23-11-8-20-4-5-21(24(20)16-23)17-28-14-12-19(13-15-28)18-6-9-22(26)10-7-18/h6-11,16,19,21H,2-5,12-15,17H2,1H3,(H,27,29). The number of hydrogen-bond donors (Lipinski definition) is 1. The van der Waals surface area contributed by atoms with Crippen molar-refractivity contribution in [1.82, 2.24) is 4.90 Å². The van der Waals surface area contributed by atoms with Gasteiger partial charge in [0.05, 0.1) is 0 Å². The van der Waals surface area contributed by atoms with E-state index >= 15 is 0 Å². The third-order valence-electron chi connectivity index (χ3n) is 6.52. The first-order valence-electron chi connectivity index (χ1n) is 11.0. The van der Waals surface area contributed by atoms with E-state index in [1.54, 1.807) is 12.1 Å². The number of hydrogen-bond acceptors (Lipinski definition) is 2. The van der Waals surface area contributed by atoms with Crippen LogP contribution in [0.15, 0.2) is 42.5 Å². The molecule has 0 spiro atoms. The van der Waals surface area contributed by atoms with Crippen LogP contribution in [0.1, 0.15) is 67.6 Å². The van der Waals surface area contributed by atoms with Crippen molar-refractivity contribution in [2.75, 3.05) is 25.0 Å². The molecule has 1 unspecified atom stereocenters. The fourth-order valence-corrected chi connectivity index (χ4v) is 4.90. The van der Waals surface area contributed by atoms with Crippen LogP contribution in [0.4, 0.5) is 10.1 Å². The van der Waals surface area contributed by atoms with E-state index in [0.29, 0.717) is 18.3 Å². The van der Waals surface area contributed by atoms with Crippen molar-refractivity contribution >= 4 is 11.6 Å². The van der Waals surface area contributed by atoms with Gasteiger partial charge in [-0.2, -0.15) is 0 Å². The zero-order chi connectivity index (χ0) is 20.2. The van der Waals surface area contributed by atoms with Crippen molar-refractivity contribution in [3.8, 4) is 0 Å². The number of halogens is 1. The predicted octanol–water partition coefficient (Wildman–Crippen LogP) is 5.47. The zero-order valence-corrected chi connectivity index (χ0v) is 17.3. The second-order valence-corrected chi connectivity index (χ2v) is 8.57. The van der Waals surface area contributed by atoms with Crippen LogP contribution in [0.25, 0.3) is 0 Å². The summed E-state index contributed by atoms with van der Waals surface area (Å²) in [5.41, 5.74) is 5.05. The highest BCUT2D eigenvalue weighted by Crippen LogP contribution is 2.37. The smallest absolute Gasteiger partial charge is 0.224 e. The first-order chi connectivity index (χ1) is 14.1. The van der Waals surface area contributed by atoms with Crippen molar-refractivity contribution in [2.24, 2.45) is 0 Å². The molecular weight excluding hydrogens is 363 g/mol. The predicted molar refractivity (Wildman–Crippen MR) is 116 cm³/mol. The number of carbonyl (C=O) groups excluding carboxylic acids is 1. The van der Waals surface area contributed by atoms with Gasteiger partial charge in [-0.15, -0.1) is 0 Å². The molecule has 4 heteroatoms. The van der Waals surface area contributed by atoms with E-state index in [4.69, 9.17) is 0 Å². The van der Waals surface area contributed by atoms with E-state index in [1.165, 1.54) is 23.1 Å². The summed E-state index contributed by atoms with van der Waals surface area (Å²) in [5.74, 6) is 1.04. The molecule has 29 heavy (non-hydrogen) atoms. The lowest BCUT2D eigenvalue weighted by Crippen LogP contribution is -2.35. The Hall–Kier alpha value is -2.20. The quantitative estimate of drug-likeness (QED) is 0.704. The molecule has 1 aliphatic carbocycles. The molecule has 2 aromatic carbocycles. The third-order valence-corrected chi connectivity index (χ3v) is 6.52. The Morgan fingerprint density at radius 1 is 1.10 bits per heavy atom. The molecule has 1 heterocycles. The number of anilines is 1. The van der Waals surface area contributed by atoms with Crippen LogP contribution in [-0.2, 0) is 11.2 Å². The number of fused-ring (bicyclic) bond motifs is 1. The molecule has 0 aromatic heterocycles. The van der Waals surface area contributed by atoms with Crippen LogP contribution in [-0.4, -0.2) is 30.4 Å². The summed E-state index contributed by atoms with van der Waals surface area (Å²) < 4.78 is 13.2. The minimum Gasteiger partial charge on any atom is -0.326 e. The number of amides is 1. The van der Waals surface area contributed by atoms with E-state index in [9.17, 15) is 9.18 Å². The average Bonchev–Trinajstić information content (AvgIpc) is 3.11. The molecule has 1 atom stereocenters. The maximum Gasteiger partial charge on any atom is 0.224 e. The van der Waals surface area contributed by atoms with E-state index in [-0.39, 0.29) is 11.7 Å². The average molecular weight is 395 g/mol. The Kier molecular flexibility index (Phi) is 6.29. The Morgan fingerprint density at radius 2 is 1.86 bits per heavy atom. The molecule has 1 fully saturated rings. The van der Waals surface area contributed by atoms with Crippen molar-refractivity contribution in [2.45, 2.75) is 57.3 Å². The normalized spacial score (nSPS) is 19.9. The van der Waals surface area contributed by atoms with Gasteiger partial charge in [-0.05, 0) is 98.0 Å². The third kappa shape index (κ3) is 4.87. The van der Waals surface area contributed by atoms with Crippen molar-refractivity contribution in [3.63, 3.8) is 0 Å². The zero-order valence-electron chi connectivity index (χ0n) is 17.3. The van der Waals surface area contributed by atoms with Crippen LogP contribution < -0.4 is 5.32 Å². The second kappa shape index (κ2) is 9.08. The number of piperidine rings is 1. The number of likely N-dealkylation sites (tertiary alicyclic amines) is 1. The minimum absolute atomic E-state index is 0.102. The molecule has 1 N–H and O–H groups in total. The Morgan fingerprint density at radius 3 is 2.59 bits per heavy atom. The van der Waals surface area contributed by atoms with Gasteiger partial charge in [-0.25, -0.2) is 4.39 Å². The molecule has 154 valence electrons. The fourth-order valence-electron chi connectivity index (χ4n) is 4.90. The Balaban J connectivity index is 1.35. The summed E-state index contributed by atoms with van der Waals surface area (Å²) in [4.78, 5) is 14.5. The molecule has 1 saturated heterocycles. The van der Waals surface area contributed by atoms with E-state index in [2.05, 4.69) is 22.3 Å². The summed E-state index contributed by atoms with van der Waals surface area (Å²) in [6, 6.07) is 13.5. The van der Waals surface area contributed by atoms with Gasteiger partial charge in [0.25, 0.3) is 0 Å². The highest BCUT2D eigenvalue weighted by atomic mass is 19.1. The van der Waals surface area contributed by atoms with E-state index in [0.717, 1.165) is 51.0 Å². The van der Waals surface area contributed by atoms with Gasteiger partial charge in [0.1, 0.15) is 5.82 Å². The summed E-state index contributed by atoms with van der Waals surface area (Å²) in [6.45, 7) is 5.31. The first kappa shape index (κ1) is 20.1. The van der Waals surface area contributed by atoms with Gasteiger partial charge in [-0.3, -0.25) is 4.79 Å². The number of benzene rings is 2. The maximum atomic E-state index is 13.2. The fraction of sp³-hybridized carbons (Fsp3) is 0.480. The number of aryl methyl sites for hydroxylation is 1. The Bertz CT molecular complexity index is 840. The number of rotatable bonds is 6. The monoisotopic (exact) mass is 394 g/mol. The molecule has 1 aliphatic heterocycles. The maximum absolute atomic E-state index is 13.2. The van der Waals surface area contributed by atoms with Gasteiger partial charge in [0.15, 0.2) is 0 Å². The van der Waals surface area contributed by atoms with Crippen LogP contribution in [0.5, 0.6) is 0 Å². The first-order valence-corrected chi connectivity index (χ1v) is 11.0. The molecule has 4 rings (SSSR count). The molecule has 3 nitrogen and oxygen atoms in total. The molecular formula is C25H31FN2O. The molecule has 0 bridgehead atoms. The van der Waals surface area contributed by atoms with Crippen LogP contribution in [0.3, 0.4) is 0 Å². The van der Waals surface area contributed by atoms with E-state index < -0.39 is 0 Å². The molecule has 2 aromatic rings. The summed E-state index contributed by atoms with van der Waals surface area (Å²) >= 11 is 0. The van der Waals surface area contributed by atoms with Crippen molar-refractivity contribution in [1.29, 1.82) is 0 Å². The lowest BCUT2D eigenvalue weighted by Gasteiger charge is -2.34. The molecule has 2 aliphatic rings. The Labute approximate surface area is 173 Å². The van der Waals surface area contributed by atoms with E-state index in [1.807, 2.05) is 25.1 Å². The lowest BCUT2D eigenvalue weighted by molar-refractivity contribution is -0.116. The largest absolute Gasteiger partial charge is 0.326 e. The SMILES string of the molecule is CCCC(=O)Nc1ccc2c(c1)C(CN1CCC(c3ccc(F)cc3)CC1)CC2. The van der Waals surface area contributed by atoms with Gasteiger partial charge in [0, 0.05) is 18.7 Å². The summed E-state index contributed by atoms with van der Waals surface area (Å²) in [6.07, 6.45) is 6.04. The number of nitrogens with one attached hydrogen (secondary N) is 1. The van der Waals surface area contributed by atoms with Crippen molar-refractivity contribution in [3.05, 3.63) is 65.0 Å². The van der Waals surface area contributed by atoms with Gasteiger partial charge < -0.3 is 10.2 Å². The highest BCUT2D eigenvalue weighted by Gasteiger charge is 2.27. The lowest BCUT2D eigenvalue weighted by atomic mass is 9.89. The second-order valence-electron chi connectivity index (χ2n) is 8.57. The summed E-state index contributed by atoms with van der Waals surface area (Å²) in [7, 11) is 0. The van der Waals surface area contributed by atoms with Crippen molar-refractivity contribution < 1.29 is 9.18 Å². The van der Waals surface area contributed by atoms with Gasteiger partial charge in [-0.1, -0.05) is 25.1 Å². The highest BCUT2D eigenvalue weighted by molar-refractivity contribution is 5.90.